The lowest BCUT2D eigenvalue weighted by molar-refractivity contribution is 0.416. The second-order valence-corrected chi connectivity index (χ2v) is 5.13. The van der Waals surface area contributed by atoms with Crippen molar-refractivity contribution in [2.75, 3.05) is 39.1 Å². The SMILES string of the molecule is CC(C)NCc1cncc(N(C)CCN(C)C)n1. The van der Waals surface area contributed by atoms with Crippen molar-refractivity contribution in [3.63, 3.8) is 0 Å². The molecule has 18 heavy (non-hydrogen) atoms. The molecule has 0 saturated carbocycles. The van der Waals surface area contributed by atoms with Crippen molar-refractivity contribution in [1.29, 1.82) is 0 Å². The zero-order valence-electron chi connectivity index (χ0n) is 12.1. The molecule has 0 bridgehead atoms. The van der Waals surface area contributed by atoms with Gasteiger partial charge in [0.1, 0.15) is 5.82 Å². The van der Waals surface area contributed by atoms with Crippen LogP contribution in [0.15, 0.2) is 12.4 Å². The van der Waals surface area contributed by atoms with Gasteiger partial charge in [0.2, 0.25) is 0 Å². The van der Waals surface area contributed by atoms with E-state index in [9.17, 15) is 0 Å². The minimum Gasteiger partial charge on any atom is -0.357 e. The van der Waals surface area contributed by atoms with Crippen LogP contribution in [0.1, 0.15) is 19.5 Å². The van der Waals surface area contributed by atoms with Crippen molar-refractivity contribution in [3.8, 4) is 0 Å². The minimum absolute atomic E-state index is 0.460. The van der Waals surface area contributed by atoms with E-state index in [1.807, 2.05) is 19.4 Å². The first kappa shape index (κ1) is 14.9. The van der Waals surface area contributed by atoms with E-state index in [1.54, 1.807) is 0 Å². The molecule has 0 aliphatic heterocycles. The van der Waals surface area contributed by atoms with Crippen molar-refractivity contribution in [1.82, 2.24) is 20.2 Å². The largest absolute Gasteiger partial charge is 0.357 e. The van der Waals surface area contributed by atoms with Crippen LogP contribution in [0.25, 0.3) is 0 Å². The van der Waals surface area contributed by atoms with E-state index in [-0.39, 0.29) is 0 Å². The summed E-state index contributed by atoms with van der Waals surface area (Å²) in [4.78, 5) is 13.1. The molecule has 1 heterocycles. The zero-order chi connectivity index (χ0) is 13.5. The summed E-state index contributed by atoms with van der Waals surface area (Å²) in [6.45, 7) is 6.97. The van der Waals surface area contributed by atoms with E-state index in [2.05, 4.69) is 53.0 Å². The average Bonchev–Trinajstić information content (AvgIpc) is 2.33. The molecule has 0 aliphatic rings. The second kappa shape index (κ2) is 7.28. The number of likely N-dealkylation sites (N-methyl/N-ethyl adjacent to an activating group) is 2. The monoisotopic (exact) mass is 251 g/mol. The van der Waals surface area contributed by atoms with Gasteiger partial charge in [0.25, 0.3) is 0 Å². The summed E-state index contributed by atoms with van der Waals surface area (Å²) >= 11 is 0. The molecule has 0 spiro atoms. The summed E-state index contributed by atoms with van der Waals surface area (Å²) in [5.74, 6) is 0.930. The fourth-order valence-electron chi connectivity index (χ4n) is 1.44. The molecule has 0 amide bonds. The van der Waals surface area contributed by atoms with Gasteiger partial charge in [-0.15, -0.1) is 0 Å². The fraction of sp³-hybridized carbons (Fsp3) is 0.692. The van der Waals surface area contributed by atoms with Crippen LogP contribution in [0.2, 0.25) is 0 Å². The molecule has 0 unspecified atom stereocenters. The predicted molar refractivity (Wildman–Crippen MR) is 75.8 cm³/mol. The van der Waals surface area contributed by atoms with E-state index < -0.39 is 0 Å². The van der Waals surface area contributed by atoms with E-state index in [4.69, 9.17) is 0 Å². The van der Waals surface area contributed by atoms with Crippen LogP contribution in [0.3, 0.4) is 0 Å². The molecule has 0 fully saturated rings. The van der Waals surface area contributed by atoms with Crippen LogP contribution in [-0.4, -0.2) is 55.1 Å². The van der Waals surface area contributed by atoms with Gasteiger partial charge in [-0.3, -0.25) is 4.98 Å². The maximum atomic E-state index is 4.60. The van der Waals surface area contributed by atoms with Gasteiger partial charge in [-0.1, -0.05) is 13.8 Å². The number of rotatable bonds is 7. The third-order valence-corrected chi connectivity index (χ3v) is 2.64. The lowest BCUT2D eigenvalue weighted by Crippen LogP contribution is -2.29. The topological polar surface area (TPSA) is 44.3 Å². The summed E-state index contributed by atoms with van der Waals surface area (Å²) in [6, 6.07) is 0.460. The number of nitrogens with one attached hydrogen (secondary N) is 1. The molecule has 0 aromatic carbocycles. The van der Waals surface area contributed by atoms with Crippen LogP contribution in [0, 0.1) is 0 Å². The maximum Gasteiger partial charge on any atom is 0.147 e. The number of hydrogen-bond donors (Lipinski definition) is 1. The first-order valence-corrected chi connectivity index (χ1v) is 6.39. The molecule has 0 atom stereocenters. The highest BCUT2D eigenvalue weighted by atomic mass is 15.2. The first-order valence-electron chi connectivity index (χ1n) is 6.39. The number of hydrogen-bond acceptors (Lipinski definition) is 5. The molecule has 5 nitrogen and oxygen atoms in total. The van der Waals surface area contributed by atoms with Gasteiger partial charge in [-0.2, -0.15) is 0 Å². The standard InChI is InChI=1S/C13H25N5/c1-11(2)15-9-12-8-14-10-13(16-12)18(5)7-6-17(3)4/h8,10-11,15H,6-7,9H2,1-5H3. The predicted octanol–water partition coefficient (Wildman–Crippen LogP) is 0.972. The van der Waals surface area contributed by atoms with Gasteiger partial charge in [0, 0.05) is 38.9 Å². The highest BCUT2D eigenvalue weighted by Crippen LogP contribution is 2.07. The van der Waals surface area contributed by atoms with Crippen molar-refractivity contribution >= 4 is 5.82 Å². The smallest absolute Gasteiger partial charge is 0.147 e. The van der Waals surface area contributed by atoms with Gasteiger partial charge < -0.3 is 15.1 Å². The quantitative estimate of drug-likeness (QED) is 0.782. The van der Waals surface area contributed by atoms with Gasteiger partial charge >= 0.3 is 0 Å². The summed E-state index contributed by atoms with van der Waals surface area (Å²) in [6.07, 6.45) is 3.63. The molecule has 5 heteroatoms. The van der Waals surface area contributed by atoms with Crippen molar-refractivity contribution in [3.05, 3.63) is 18.1 Å². The molecule has 0 aliphatic carbocycles. The van der Waals surface area contributed by atoms with E-state index >= 15 is 0 Å². The average molecular weight is 251 g/mol. The molecule has 1 aromatic heterocycles. The third-order valence-electron chi connectivity index (χ3n) is 2.64. The highest BCUT2D eigenvalue weighted by molar-refractivity contribution is 5.34. The molecule has 1 rings (SSSR count). The van der Waals surface area contributed by atoms with Gasteiger partial charge in [-0.25, -0.2) is 4.98 Å². The zero-order valence-corrected chi connectivity index (χ0v) is 12.1. The van der Waals surface area contributed by atoms with Gasteiger partial charge in [0.15, 0.2) is 0 Å². The second-order valence-electron chi connectivity index (χ2n) is 5.13. The van der Waals surface area contributed by atoms with Crippen LogP contribution < -0.4 is 10.2 Å². The maximum absolute atomic E-state index is 4.60. The van der Waals surface area contributed by atoms with Crippen LogP contribution in [-0.2, 0) is 6.54 Å². The Morgan fingerprint density at radius 2 is 1.89 bits per heavy atom. The lowest BCUT2D eigenvalue weighted by Gasteiger charge is -2.20. The van der Waals surface area contributed by atoms with Crippen LogP contribution >= 0.6 is 0 Å². The number of aromatic nitrogens is 2. The van der Waals surface area contributed by atoms with E-state index in [0.717, 1.165) is 31.1 Å². The van der Waals surface area contributed by atoms with E-state index in [1.165, 1.54) is 0 Å². The van der Waals surface area contributed by atoms with Gasteiger partial charge in [0.05, 0.1) is 11.9 Å². The number of nitrogens with zero attached hydrogens (tertiary/aromatic N) is 4. The Hall–Kier alpha value is -1.20. The van der Waals surface area contributed by atoms with Crippen molar-refractivity contribution < 1.29 is 0 Å². The Balaban J connectivity index is 2.57. The highest BCUT2D eigenvalue weighted by Gasteiger charge is 2.05. The molecule has 0 saturated heterocycles. The normalized spacial score (nSPS) is 11.3. The first-order chi connectivity index (χ1) is 8.49. The summed E-state index contributed by atoms with van der Waals surface area (Å²) < 4.78 is 0. The Bertz CT molecular complexity index is 351. The minimum atomic E-state index is 0.460. The van der Waals surface area contributed by atoms with Crippen LogP contribution in [0.4, 0.5) is 5.82 Å². The summed E-state index contributed by atoms with van der Waals surface area (Å²) in [5.41, 5.74) is 0.984. The Morgan fingerprint density at radius 3 is 2.50 bits per heavy atom. The van der Waals surface area contributed by atoms with Gasteiger partial charge in [-0.05, 0) is 14.1 Å². The summed E-state index contributed by atoms with van der Waals surface area (Å²) in [5, 5.41) is 3.35. The molecule has 0 radical (unpaired) electrons. The molecular weight excluding hydrogens is 226 g/mol. The number of anilines is 1. The fourth-order valence-corrected chi connectivity index (χ4v) is 1.44. The van der Waals surface area contributed by atoms with Crippen molar-refractivity contribution in [2.45, 2.75) is 26.4 Å². The Kier molecular flexibility index (Phi) is 6.01. The summed E-state index contributed by atoms with van der Waals surface area (Å²) in [7, 11) is 6.19. The molecular formula is C13H25N5. The third kappa shape index (κ3) is 5.42. The molecule has 1 aromatic rings. The molecule has 1 N–H and O–H groups in total. The Morgan fingerprint density at radius 1 is 1.17 bits per heavy atom. The van der Waals surface area contributed by atoms with Crippen LogP contribution in [0.5, 0.6) is 0 Å². The lowest BCUT2D eigenvalue weighted by atomic mass is 10.3. The van der Waals surface area contributed by atoms with Crippen molar-refractivity contribution in [2.24, 2.45) is 0 Å². The Labute approximate surface area is 110 Å². The van der Waals surface area contributed by atoms with E-state index in [0.29, 0.717) is 6.04 Å². The molecule has 102 valence electrons.